The van der Waals surface area contributed by atoms with E-state index in [2.05, 4.69) is 10.5 Å². The first kappa shape index (κ1) is 13.4. The Morgan fingerprint density at radius 2 is 2.00 bits per heavy atom. The summed E-state index contributed by atoms with van der Waals surface area (Å²) in [4.78, 5) is 0. The topological polar surface area (TPSA) is 111 Å². The molecule has 0 amide bonds. The number of nitrogens with zero attached hydrogens (tertiary/aromatic N) is 2. The van der Waals surface area contributed by atoms with Gasteiger partial charge in [0.05, 0.1) is 5.69 Å². The fraction of sp³-hybridized carbons (Fsp3) is 0.0714. The number of hydrogen-bond donors (Lipinski definition) is 3. The average molecular weight is 267 g/mol. The van der Waals surface area contributed by atoms with Gasteiger partial charge >= 0.3 is 0 Å². The van der Waals surface area contributed by atoms with Crippen molar-refractivity contribution in [2.24, 2.45) is 10.8 Å². The van der Waals surface area contributed by atoms with Gasteiger partial charge < -0.3 is 10.2 Å². The SMILES string of the molecule is Cc1ccc(-c2ccc(N/N=C(\C#N)C(=N)N)cc2)o1. The average Bonchev–Trinajstić information content (AvgIpc) is 2.86. The van der Waals surface area contributed by atoms with Crippen molar-refractivity contribution in [1.29, 1.82) is 10.7 Å². The van der Waals surface area contributed by atoms with Gasteiger partial charge in [0.1, 0.15) is 17.6 Å². The number of rotatable bonds is 4. The number of aryl methyl sites for hydroxylation is 1. The molecule has 6 heteroatoms. The molecule has 6 nitrogen and oxygen atoms in total. The zero-order valence-electron chi connectivity index (χ0n) is 10.8. The molecular weight excluding hydrogens is 254 g/mol. The predicted molar refractivity (Wildman–Crippen MR) is 77.5 cm³/mol. The van der Waals surface area contributed by atoms with E-state index < -0.39 is 0 Å². The first-order chi connectivity index (χ1) is 9.60. The normalized spacial score (nSPS) is 10.9. The monoisotopic (exact) mass is 267 g/mol. The second kappa shape index (κ2) is 5.71. The molecule has 2 rings (SSSR count). The van der Waals surface area contributed by atoms with Gasteiger partial charge in [-0.25, -0.2) is 0 Å². The molecule has 0 spiro atoms. The summed E-state index contributed by atoms with van der Waals surface area (Å²) in [6.07, 6.45) is 0. The van der Waals surface area contributed by atoms with E-state index in [0.29, 0.717) is 5.69 Å². The summed E-state index contributed by atoms with van der Waals surface area (Å²) in [5.74, 6) is 1.27. The maximum atomic E-state index is 8.72. The molecule has 4 N–H and O–H groups in total. The van der Waals surface area contributed by atoms with Gasteiger partial charge in [-0.1, -0.05) is 0 Å². The maximum absolute atomic E-state index is 8.72. The fourth-order valence-electron chi connectivity index (χ4n) is 1.56. The molecule has 0 atom stereocenters. The molecule has 20 heavy (non-hydrogen) atoms. The Hall–Kier alpha value is -3.07. The van der Waals surface area contributed by atoms with Crippen molar-refractivity contribution in [3.63, 3.8) is 0 Å². The van der Waals surface area contributed by atoms with E-state index in [1.54, 1.807) is 18.2 Å². The number of nitrogens with two attached hydrogens (primary N) is 1. The number of hydrazone groups is 1. The molecule has 0 bridgehead atoms. The van der Waals surface area contributed by atoms with Crippen molar-refractivity contribution in [3.8, 4) is 17.4 Å². The number of nitriles is 1. The van der Waals surface area contributed by atoms with Crippen LogP contribution in [0.2, 0.25) is 0 Å². The third kappa shape index (κ3) is 3.03. The smallest absolute Gasteiger partial charge is 0.201 e. The van der Waals surface area contributed by atoms with E-state index in [0.717, 1.165) is 17.1 Å². The van der Waals surface area contributed by atoms with Crippen molar-refractivity contribution < 1.29 is 4.42 Å². The van der Waals surface area contributed by atoms with Crippen LogP contribution in [-0.2, 0) is 0 Å². The van der Waals surface area contributed by atoms with Crippen LogP contribution in [0.5, 0.6) is 0 Å². The van der Waals surface area contributed by atoms with Gasteiger partial charge in [-0.05, 0) is 43.3 Å². The van der Waals surface area contributed by atoms with Crippen LogP contribution < -0.4 is 11.2 Å². The van der Waals surface area contributed by atoms with Crippen molar-refractivity contribution >= 4 is 17.2 Å². The highest BCUT2D eigenvalue weighted by Crippen LogP contribution is 2.23. The highest BCUT2D eigenvalue weighted by Gasteiger charge is 2.03. The summed E-state index contributed by atoms with van der Waals surface area (Å²) in [5, 5.41) is 19.6. The minimum absolute atomic E-state index is 0.157. The molecule has 1 aromatic carbocycles. The van der Waals surface area contributed by atoms with E-state index >= 15 is 0 Å². The van der Waals surface area contributed by atoms with Gasteiger partial charge in [0, 0.05) is 5.56 Å². The van der Waals surface area contributed by atoms with Crippen LogP contribution in [0.15, 0.2) is 45.9 Å². The number of furan rings is 1. The van der Waals surface area contributed by atoms with Crippen molar-refractivity contribution in [1.82, 2.24) is 0 Å². The summed E-state index contributed by atoms with van der Waals surface area (Å²) >= 11 is 0. The largest absolute Gasteiger partial charge is 0.461 e. The molecule has 0 radical (unpaired) electrons. The van der Waals surface area contributed by atoms with Crippen LogP contribution in [0.4, 0.5) is 5.69 Å². The molecule has 0 fully saturated rings. The highest BCUT2D eigenvalue weighted by molar-refractivity contribution is 6.45. The number of nitrogens with one attached hydrogen (secondary N) is 2. The second-order valence-corrected chi connectivity index (χ2v) is 4.09. The Balaban J connectivity index is 2.13. The lowest BCUT2D eigenvalue weighted by atomic mass is 10.1. The lowest BCUT2D eigenvalue weighted by Gasteiger charge is -2.02. The third-order valence-corrected chi connectivity index (χ3v) is 2.57. The lowest BCUT2D eigenvalue weighted by molar-refractivity contribution is 0.548. The number of hydrogen-bond acceptors (Lipinski definition) is 5. The minimum atomic E-state index is -0.373. The predicted octanol–water partition coefficient (Wildman–Crippen LogP) is 2.48. The maximum Gasteiger partial charge on any atom is 0.201 e. The minimum Gasteiger partial charge on any atom is -0.461 e. The molecule has 0 saturated heterocycles. The molecule has 2 aromatic rings. The summed E-state index contributed by atoms with van der Waals surface area (Å²) in [7, 11) is 0. The van der Waals surface area contributed by atoms with E-state index in [4.69, 9.17) is 20.8 Å². The van der Waals surface area contributed by atoms with Crippen LogP contribution in [-0.4, -0.2) is 11.5 Å². The Morgan fingerprint density at radius 3 is 2.50 bits per heavy atom. The first-order valence-corrected chi connectivity index (χ1v) is 5.85. The van der Waals surface area contributed by atoms with E-state index in [-0.39, 0.29) is 11.5 Å². The molecule has 0 aliphatic heterocycles. The van der Waals surface area contributed by atoms with Crippen molar-refractivity contribution in [3.05, 3.63) is 42.2 Å². The summed E-state index contributed by atoms with van der Waals surface area (Å²) in [6.45, 7) is 1.89. The van der Waals surface area contributed by atoms with E-state index in [1.165, 1.54) is 0 Å². The van der Waals surface area contributed by atoms with Crippen LogP contribution in [0.3, 0.4) is 0 Å². The van der Waals surface area contributed by atoms with Gasteiger partial charge in [-0.2, -0.15) is 10.4 Å². The third-order valence-electron chi connectivity index (χ3n) is 2.57. The molecule has 0 aliphatic carbocycles. The lowest BCUT2D eigenvalue weighted by Crippen LogP contribution is -2.21. The summed E-state index contributed by atoms with van der Waals surface area (Å²) in [6, 6.07) is 12.9. The van der Waals surface area contributed by atoms with Crippen LogP contribution >= 0.6 is 0 Å². The van der Waals surface area contributed by atoms with Crippen molar-refractivity contribution in [2.45, 2.75) is 6.92 Å². The molecule has 0 saturated carbocycles. The number of amidine groups is 1. The van der Waals surface area contributed by atoms with Crippen molar-refractivity contribution in [2.75, 3.05) is 5.43 Å². The van der Waals surface area contributed by atoms with Gasteiger partial charge in [0.15, 0.2) is 5.84 Å². The van der Waals surface area contributed by atoms with Crippen LogP contribution in [0.1, 0.15) is 5.76 Å². The number of anilines is 1. The molecule has 1 aromatic heterocycles. The Bertz CT molecular complexity index is 691. The Morgan fingerprint density at radius 1 is 1.30 bits per heavy atom. The Kier molecular flexibility index (Phi) is 3.82. The Labute approximate surface area is 116 Å². The van der Waals surface area contributed by atoms with Crippen LogP contribution in [0, 0.1) is 23.7 Å². The van der Waals surface area contributed by atoms with Gasteiger partial charge in [-0.15, -0.1) is 0 Å². The number of benzene rings is 1. The second-order valence-electron chi connectivity index (χ2n) is 4.09. The van der Waals surface area contributed by atoms with Gasteiger partial charge in [0.25, 0.3) is 0 Å². The summed E-state index contributed by atoms with van der Waals surface area (Å²) in [5.41, 5.74) is 9.34. The van der Waals surface area contributed by atoms with E-state index in [1.807, 2.05) is 31.2 Å². The van der Waals surface area contributed by atoms with Crippen LogP contribution in [0.25, 0.3) is 11.3 Å². The summed E-state index contributed by atoms with van der Waals surface area (Å²) < 4.78 is 5.52. The fourth-order valence-corrected chi connectivity index (χ4v) is 1.56. The van der Waals surface area contributed by atoms with Gasteiger partial charge in [0.2, 0.25) is 5.71 Å². The van der Waals surface area contributed by atoms with E-state index in [9.17, 15) is 0 Å². The quantitative estimate of drug-likeness (QED) is 0.449. The zero-order valence-corrected chi connectivity index (χ0v) is 10.8. The molecular formula is C14H13N5O. The molecule has 0 unspecified atom stereocenters. The standard InChI is InChI=1S/C14H13N5O/c1-9-2-7-13(20-9)10-3-5-11(6-4-10)18-19-12(8-15)14(16)17/h2-7,18H,1H3,(H3,16,17)/b19-12+. The van der Waals surface area contributed by atoms with Gasteiger partial charge in [-0.3, -0.25) is 10.8 Å². The molecule has 1 heterocycles. The highest BCUT2D eigenvalue weighted by atomic mass is 16.3. The molecule has 100 valence electrons. The zero-order chi connectivity index (χ0) is 14.5. The first-order valence-electron chi connectivity index (χ1n) is 5.85. The molecule has 0 aliphatic rings.